The van der Waals surface area contributed by atoms with Crippen molar-refractivity contribution in [2.75, 3.05) is 0 Å². The zero-order chi connectivity index (χ0) is 19.8. The number of rotatable bonds is 1. The number of aromatic nitrogens is 1. The Morgan fingerprint density at radius 1 is 0.906 bits per heavy atom. The maximum absolute atomic E-state index is 3.19. The largest absolute Gasteiger partial charge is 4.00 e. The number of hydrogen-bond donors (Lipinski definition) is 0. The number of allylic oxidation sites excluding steroid dienone is 4. The molecular weight excluding hydrogens is 601 g/mol. The van der Waals surface area contributed by atoms with Crippen molar-refractivity contribution in [3.05, 3.63) is 95.2 Å². The molecule has 3 aromatic carbocycles. The van der Waals surface area contributed by atoms with Gasteiger partial charge in [-0.1, -0.05) is 31.2 Å². The summed E-state index contributed by atoms with van der Waals surface area (Å²) < 4.78 is 2.50. The Bertz CT molecular complexity index is 1210. The molecule has 1 heterocycles. The van der Waals surface area contributed by atoms with Crippen LogP contribution in [0, 0.1) is 6.08 Å². The number of hydrogen-bond acceptors (Lipinski definition) is 0. The minimum absolute atomic E-state index is 0. The molecule has 0 fully saturated rings. The first kappa shape index (κ1) is 27.2. The Hall–Kier alpha value is -1.09. The van der Waals surface area contributed by atoms with Crippen LogP contribution in [0.3, 0.4) is 0 Å². The Kier molecular flexibility index (Phi) is 10.1. The van der Waals surface area contributed by atoms with Gasteiger partial charge in [0.2, 0.25) is 0 Å². The van der Waals surface area contributed by atoms with E-state index in [1.54, 1.807) is 5.56 Å². The van der Waals surface area contributed by atoms with Gasteiger partial charge in [0, 0.05) is 11.1 Å². The van der Waals surface area contributed by atoms with Crippen LogP contribution < -0.4 is 34.0 Å². The Morgan fingerprint density at radius 2 is 1.62 bits per heavy atom. The van der Waals surface area contributed by atoms with E-state index in [0.29, 0.717) is 0 Å². The van der Waals surface area contributed by atoms with Gasteiger partial charge in [0.25, 0.3) is 0 Å². The molecule has 4 aromatic rings. The SMILES string of the molecule is CC1=[C-]CC=C1C.[Br-].[Br-].[Zr+4].c1ccc2[cH-]c(-n3c4c(c5ccccc53)CCCC4)cc2c1. The molecule has 0 N–H and O–H groups in total. The minimum atomic E-state index is 0. The van der Waals surface area contributed by atoms with E-state index in [-0.39, 0.29) is 60.2 Å². The van der Waals surface area contributed by atoms with Crippen molar-refractivity contribution in [1.29, 1.82) is 0 Å². The molecule has 0 atom stereocenters. The van der Waals surface area contributed by atoms with Gasteiger partial charge >= 0.3 is 26.2 Å². The van der Waals surface area contributed by atoms with Crippen molar-refractivity contribution in [1.82, 2.24) is 4.57 Å². The van der Waals surface area contributed by atoms with Crippen LogP contribution in [-0.4, -0.2) is 4.57 Å². The third-order valence-corrected chi connectivity index (χ3v) is 6.41. The first-order valence-corrected chi connectivity index (χ1v) is 10.7. The molecule has 2 aliphatic rings. The van der Waals surface area contributed by atoms with Gasteiger partial charge < -0.3 is 38.5 Å². The molecule has 2 aliphatic carbocycles. The van der Waals surface area contributed by atoms with E-state index >= 15 is 0 Å². The molecule has 0 unspecified atom stereocenters. The quantitative estimate of drug-likeness (QED) is 0.282. The maximum Gasteiger partial charge on any atom is 4.00 e. The molecule has 0 saturated heterocycles. The molecule has 1 aromatic heterocycles. The number of para-hydroxylation sites is 1. The molecule has 162 valence electrons. The van der Waals surface area contributed by atoms with Gasteiger partial charge in [-0.15, -0.1) is 54.4 Å². The van der Waals surface area contributed by atoms with Gasteiger partial charge in [0.1, 0.15) is 0 Å². The molecule has 0 radical (unpaired) electrons. The zero-order valence-electron chi connectivity index (χ0n) is 18.6. The average Bonchev–Trinajstić information content (AvgIpc) is 3.43. The summed E-state index contributed by atoms with van der Waals surface area (Å²) in [5.41, 5.74) is 8.50. The fourth-order valence-electron chi connectivity index (χ4n) is 4.70. The van der Waals surface area contributed by atoms with E-state index < -0.39 is 0 Å². The smallest absolute Gasteiger partial charge is 1.00 e. The van der Waals surface area contributed by atoms with Crippen molar-refractivity contribution in [2.45, 2.75) is 46.0 Å². The predicted octanol–water partition coefficient (Wildman–Crippen LogP) is 1.47. The van der Waals surface area contributed by atoms with Crippen molar-refractivity contribution in [3.8, 4) is 5.69 Å². The number of halogens is 2. The number of benzene rings is 2. The molecule has 4 heteroatoms. The molecule has 0 spiro atoms. The summed E-state index contributed by atoms with van der Waals surface area (Å²) in [5, 5.41) is 4.11. The Morgan fingerprint density at radius 3 is 2.31 bits per heavy atom. The monoisotopic (exact) mass is 625 g/mol. The summed E-state index contributed by atoms with van der Waals surface area (Å²) in [6.07, 6.45) is 11.5. The van der Waals surface area contributed by atoms with Crippen LogP contribution in [0.2, 0.25) is 0 Å². The molecule has 0 amide bonds. The van der Waals surface area contributed by atoms with Crippen LogP contribution in [0.5, 0.6) is 0 Å². The Balaban J connectivity index is 0.000000317. The van der Waals surface area contributed by atoms with E-state index in [0.717, 1.165) is 6.42 Å². The van der Waals surface area contributed by atoms with Crippen molar-refractivity contribution < 1.29 is 60.2 Å². The topological polar surface area (TPSA) is 4.93 Å². The van der Waals surface area contributed by atoms with Crippen LogP contribution in [0.25, 0.3) is 27.4 Å². The minimum Gasteiger partial charge on any atom is -1.00 e. The molecular formula is C28H27Br2NZr. The Labute approximate surface area is 231 Å². The van der Waals surface area contributed by atoms with E-state index in [4.69, 9.17) is 0 Å². The van der Waals surface area contributed by atoms with E-state index in [9.17, 15) is 0 Å². The van der Waals surface area contributed by atoms with Gasteiger partial charge in [-0.3, -0.25) is 6.08 Å². The van der Waals surface area contributed by atoms with Gasteiger partial charge in [0.05, 0.1) is 5.52 Å². The third kappa shape index (κ3) is 5.19. The molecule has 0 aliphatic heterocycles. The van der Waals surface area contributed by atoms with Crippen LogP contribution in [-0.2, 0) is 39.0 Å². The van der Waals surface area contributed by atoms with Crippen LogP contribution in [0.15, 0.2) is 77.9 Å². The summed E-state index contributed by atoms with van der Waals surface area (Å²) in [7, 11) is 0. The van der Waals surface area contributed by atoms with Crippen molar-refractivity contribution >= 4 is 21.7 Å². The first-order chi connectivity index (χ1) is 14.2. The van der Waals surface area contributed by atoms with Crippen molar-refractivity contribution in [3.63, 3.8) is 0 Å². The van der Waals surface area contributed by atoms with E-state index in [1.165, 1.54) is 69.9 Å². The average molecular weight is 629 g/mol. The summed E-state index contributed by atoms with van der Waals surface area (Å²) >= 11 is 0. The predicted molar refractivity (Wildman–Crippen MR) is 124 cm³/mol. The molecule has 6 rings (SSSR count). The van der Waals surface area contributed by atoms with Crippen LogP contribution in [0.4, 0.5) is 0 Å². The summed E-state index contributed by atoms with van der Waals surface area (Å²) in [4.78, 5) is 0. The van der Waals surface area contributed by atoms with Crippen LogP contribution >= 0.6 is 0 Å². The second-order valence-electron chi connectivity index (χ2n) is 8.22. The van der Waals surface area contributed by atoms with E-state index in [1.807, 2.05) is 0 Å². The molecule has 0 saturated carbocycles. The van der Waals surface area contributed by atoms with Gasteiger partial charge in [-0.05, 0) is 43.0 Å². The summed E-state index contributed by atoms with van der Waals surface area (Å²) in [6.45, 7) is 4.22. The number of nitrogens with zero attached hydrogens (tertiary/aromatic N) is 1. The summed E-state index contributed by atoms with van der Waals surface area (Å²) in [5.74, 6) is 0. The first-order valence-electron chi connectivity index (χ1n) is 10.7. The molecule has 0 bridgehead atoms. The summed E-state index contributed by atoms with van der Waals surface area (Å²) in [6, 6.07) is 22.2. The second-order valence-corrected chi connectivity index (χ2v) is 8.22. The fraction of sp³-hybridized carbons (Fsp3) is 0.250. The zero-order valence-corrected chi connectivity index (χ0v) is 24.2. The van der Waals surface area contributed by atoms with Gasteiger partial charge in [-0.2, -0.15) is 6.08 Å². The second kappa shape index (κ2) is 11.9. The van der Waals surface area contributed by atoms with Gasteiger partial charge in [0.15, 0.2) is 0 Å². The van der Waals surface area contributed by atoms with Crippen LogP contribution in [0.1, 0.15) is 44.4 Å². The third-order valence-electron chi connectivity index (χ3n) is 6.41. The van der Waals surface area contributed by atoms with Gasteiger partial charge in [-0.25, -0.2) is 11.1 Å². The van der Waals surface area contributed by atoms with Crippen molar-refractivity contribution in [2.24, 2.45) is 0 Å². The van der Waals surface area contributed by atoms with E-state index in [2.05, 4.69) is 91.2 Å². The maximum atomic E-state index is 3.19. The molecule has 32 heavy (non-hydrogen) atoms. The number of aryl methyl sites for hydroxylation is 1. The number of fused-ring (bicyclic) bond motifs is 4. The molecule has 1 nitrogen and oxygen atoms in total. The fourth-order valence-corrected chi connectivity index (χ4v) is 4.70. The normalized spacial score (nSPS) is 14.2. The standard InChI is InChI=1S/C21H18N.C7H9.2BrH.Zr/c1-2-8-16-14-17(13-15(16)7-1)22-20-11-5-3-9-18(20)19-10-4-6-12-21(19)22;1-6-4-3-5-7(6)2;;;/h1-3,5,7-9,11,13-14H,4,6,10,12H2;4H,3H2,1-2H3;2*1H;/q2*-1;;;+4/p-2.